The molecule has 1 N–H and O–H groups in total. The summed E-state index contributed by atoms with van der Waals surface area (Å²) in [6, 6.07) is 4.63. The summed E-state index contributed by atoms with van der Waals surface area (Å²) in [5.41, 5.74) is 5.36. The van der Waals surface area contributed by atoms with E-state index in [-0.39, 0.29) is 6.10 Å². The number of hydrogen-bond donors (Lipinski definition) is 1. The molecule has 0 aromatic heterocycles. The van der Waals surface area contributed by atoms with Crippen LogP contribution in [0.3, 0.4) is 0 Å². The van der Waals surface area contributed by atoms with E-state index in [2.05, 4.69) is 32.9 Å². The molecule has 18 heavy (non-hydrogen) atoms. The van der Waals surface area contributed by atoms with Crippen LogP contribution in [0.5, 0.6) is 0 Å². The molecular weight excluding hydrogens is 220 g/mol. The maximum Gasteiger partial charge on any atom is 0.0767 e. The highest BCUT2D eigenvalue weighted by Crippen LogP contribution is 2.27. The molecule has 1 rings (SSSR count). The molecule has 0 radical (unpaired) electrons. The molecule has 0 aliphatic rings. The van der Waals surface area contributed by atoms with Gasteiger partial charge in [-0.05, 0) is 48.4 Å². The molecule has 1 nitrogen and oxygen atoms in total. The number of aryl methyl sites for hydroxylation is 3. The number of aliphatic hydroxyl groups excluding tert-OH is 1. The van der Waals surface area contributed by atoms with Crippen molar-refractivity contribution in [2.75, 3.05) is 0 Å². The van der Waals surface area contributed by atoms with E-state index < -0.39 is 0 Å². The van der Waals surface area contributed by atoms with Crippen molar-refractivity contribution in [2.24, 2.45) is 0 Å². The lowest BCUT2D eigenvalue weighted by molar-refractivity contribution is 0.197. The molecule has 1 heteroatoms. The number of rotatable bonds is 7. The van der Waals surface area contributed by atoms with Crippen molar-refractivity contribution in [3.05, 3.63) is 34.4 Å². The van der Waals surface area contributed by atoms with Crippen LogP contribution in [-0.4, -0.2) is 5.11 Å². The Kier molecular flexibility index (Phi) is 6.42. The van der Waals surface area contributed by atoms with E-state index in [0.717, 1.165) is 32.1 Å². The molecule has 0 amide bonds. The smallest absolute Gasteiger partial charge is 0.0767 e. The van der Waals surface area contributed by atoms with Gasteiger partial charge in [0.2, 0.25) is 0 Å². The third-order valence-corrected chi connectivity index (χ3v) is 3.41. The number of benzene rings is 1. The second kappa shape index (κ2) is 7.58. The monoisotopic (exact) mass is 248 g/mol. The zero-order valence-corrected chi connectivity index (χ0v) is 12.4. The molecule has 0 aliphatic carbocycles. The van der Waals surface area contributed by atoms with Crippen LogP contribution in [0.4, 0.5) is 0 Å². The molecule has 0 saturated heterocycles. The average molecular weight is 248 g/mol. The van der Waals surface area contributed by atoms with Crippen LogP contribution in [0, 0.1) is 0 Å². The summed E-state index contributed by atoms with van der Waals surface area (Å²) in [6.07, 6.45) is 6.42. The van der Waals surface area contributed by atoms with Gasteiger partial charge in [-0.25, -0.2) is 0 Å². The lowest BCUT2D eigenvalue weighted by Crippen LogP contribution is -2.06. The van der Waals surface area contributed by atoms with Crippen molar-refractivity contribution in [3.8, 4) is 0 Å². The Labute approximate surface area is 112 Å². The Hall–Kier alpha value is -0.820. The van der Waals surface area contributed by atoms with Crippen molar-refractivity contribution >= 4 is 0 Å². The molecule has 0 spiro atoms. The average Bonchev–Trinajstić information content (AvgIpc) is 2.29. The van der Waals surface area contributed by atoms with Crippen LogP contribution in [-0.2, 0) is 19.3 Å². The topological polar surface area (TPSA) is 20.2 Å². The van der Waals surface area contributed by atoms with Gasteiger partial charge in [-0.2, -0.15) is 0 Å². The Bertz CT molecular complexity index is 339. The molecule has 0 aliphatic heterocycles. The molecule has 0 fully saturated rings. The van der Waals surface area contributed by atoms with E-state index in [9.17, 15) is 5.11 Å². The minimum Gasteiger partial charge on any atom is -0.389 e. The summed E-state index contributed by atoms with van der Waals surface area (Å²) in [5, 5.41) is 10.1. The van der Waals surface area contributed by atoms with Crippen LogP contribution in [0.25, 0.3) is 0 Å². The molecule has 1 atom stereocenters. The zero-order chi connectivity index (χ0) is 13.5. The summed E-state index contributed by atoms with van der Waals surface area (Å²) in [7, 11) is 0. The molecule has 102 valence electrons. The van der Waals surface area contributed by atoms with Crippen LogP contribution >= 0.6 is 0 Å². The minimum absolute atomic E-state index is 0.344. The summed E-state index contributed by atoms with van der Waals surface area (Å²) in [6.45, 7) is 8.53. The minimum atomic E-state index is -0.344. The highest BCUT2D eigenvalue weighted by molar-refractivity contribution is 5.41. The molecule has 0 saturated carbocycles. The predicted octanol–water partition coefficient (Wildman–Crippen LogP) is 4.60. The second-order valence-electron chi connectivity index (χ2n) is 5.25. The van der Waals surface area contributed by atoms with Gasteiger partial charge < -0.3 is 5.11 Å². The molecule has 0 bridgehead atoms. The standard InChI is InChI=1S/C17H28O/c1-5-8-14-11-15(9-6-2)17(13(4)18)16(12-14)10-7-3/h11-13,18H,5-10H2,1-4H3. The van der Waals surface area contributed by atoms with E-state index in [4.69, 9.17) is 0 Å². The van der Waals surface area contributed by atoms with Crippen LogP contribution < -0.4 is 0 Å². The maximum atomic E-state index is 10.1. The van der Waals surface area contributed by atoms with Gasteiger partial charge in [-0.1, -0.05) is 52.2 Å². The first-order valence-corrected chi connectivity index (χ1v) is 7.46. The molecule has 1 unspecified atom stereocenters. The number of aliphatic hydroxyl groups is 1. The SMILES string of the molecule is CCCc1cc(CCC)c(C(C)O)c(CCC)c1. The van der Waals surface area contributed by atoms with Crippen molar-refractivity contribution in [1.29, 1.82) is 0 Å². The summed E-state index contributed by atoms with van der Waals surface area (Å²) in [4.78, 5) is 0. The molecule has 0 heterocycles. The van der Waals surface area contributed by atoms with Gasteiger partial charge in [0.1, 0.15) is 0 Å². The fraction of sp³-hybridized carbons (Fsp3) is 0.647. The van der Waals surface area contributed by atoms with Crippen molar-refractivity contribution < 1.29 is 5.11 Å². The highest BCUT2D eigenvalue weighted by atomic mass is 16.3. The zero-order valence-electron chi connectivity index (χ0n) is 12.4. The summed E-state index contributed by atoms with van der Waals surface area (Å²) >= 11 is 0. The van der Waals surface area contributed by atoms with E-state index in [1.54, 1.807) is 0 Å². The van der Waals surface area contributed by atoms with Crippen LogP contribution in [0.1, 0.15) is 75.3 Å². The first-order chi connectivity index (χ1) is 8.63. The fourth-order valence-corrected chi connectivity index (χ4v) is 2.77. The quantitative estimate of drug-likeness (QED) is 0.748. The third kappa shape index (κ3) is 3.84. The van der Waals surface area contributed by atoms with Crippen LogP contribution in [0.2, 0.25) is 0 Å². The van der Waals surface area contributed by atoms with Gasteiger partial charge in [0, 0.05) is 0 Å². The summed E-state index contributed by atoms with van der Waals surface area (Å²) in [5.74, 6) is 0. The van der Waals surface area contributed by atoms with Gasteiger partial charge in [0.15, 0.2) is 0 Å². The van der Waals surface area contributed by atoms with Gasteiger partial charge in [0.05, 0.1) is 6.10 Å². The van der Waals surface area contributed by atoms with Crippen molar-refractivity contribution in [2.45, 2.75) is 72.3 Å². The largest absolute Gasteiger partial charge is 0.389 e. The Morgan fingerprint density at radius 1 is 0.889 bits per heavy atom. The first kappa shape index (κ1) is 15.2. The Morgan fingerprint density at radius 2 is 1.33 bits per heavy atom. The van der Waals surface area contributed by atoms with Gasteiger partial charge in [-0.15, -0.1) is 0 Å². The van der Waals surface area contributed by atoms with E-state index in [0.29, 0.717) is 0 Å². The molecule has 1 aromatic rings. The van der Waals surface area contributed by atoms with Gasteiger partial charge >= 0.3 is 0 Å². The van der Waals surface area contributed by atoms with Gasteiger partial charge in [0.25, 0.3) is 0 Å². The molecule has 1 aromatic carbocycles. The fourth-order valence-electron chi connectivity index (χ4n) is 2.77. The third-order valence-electron chi connectivity index (χ3n) is 3.41. The van der Waals surface area contributed by atoms with Crippen molar-refractivity contribution in [1.82, 2.24) is 0 Å². The maximum absolute atomic E-state index is 10.1. The van der Waals surface area contributed by atoms with E-state index in [1.165, 1.54) is 28.7 Å². The Morgan fingerprint density at radius 3 is 1.67 bits per heavy atom. The lowest BCUT2D eigenvalue weighted by atomic mass is 9.89. The summed E-state index contributed by atoms with van der Waals surface area (Å²) < 4.78 is 0. The number of hydrogen-bond acceptors (Lipinski definition) is 1. The second-order valence-corrected chi connectivity index (χ2v) is 5.25. The van der Waals surface area contributed by atoms with Crippen LogP contribution in [0.15, 0.2) is 12.1 Å². The lowest BCUT2D eigenvalue weighted by Gasteiger charge is -2.19. The normalized spacial score (nSPS) is 12.7. The van der Waals surface area contributed by atoms with E-state index in [1.807, 2.05) is 6.92 Å². The highest BCUT2D eigenvalue weighted by Gasteiger charge is 2.14. The first-order valence-electron chi connectivity index (χ1n) is 7.46. The predicted molar refractivity (Wildman–Crippen MR) is 79.1 cm³/mol. The Balaban J connectivity index is 3.24. The van der Waals surface area contributed by atoms with Gasteiger partial charge in [-0.3, -0.25) is 0 Å². The van der Waals surface area contributed by atoms with E-state index >= 15 is 0 Å². The van der Waals surface area contributed by atoms with Crippen molar-refractivity contribution in [3.63, 3.8) is 0 Å². The molecular formula is C17H28O.